The molecule has 156 valence electrons. The molecule has 2 aromatic rings. The first-order valence-electron chi connectivity index (χ1n) is 10.7. The van der Waals surface area contributed by atoms with Crippen LogP contribution in [0.4, 0.5) is 11.4 Å². The summed E-state index contributed by atoms with van der Waals surface area (Å²) in [7, 11) is 0. The van der Waals surface area contributed by atoms with Crippen molar-refractivity contribution in [1.82, 2.24) is 0 Å². The van der Waals surface area contributed by atoms with Gasteiger partial charge in [0.2, 0.25) is 0 Å². The molecule has 0 unspecified atom stereocenters. The molecule has 0 radical (unpaired) electrons. The van der Waals surface area contributed by atoms with Gasteiger partial charge in [-0.25, -0.2) is 0 Å². The third-order valence-electron chi connectivity index (χ3n) is 4.48. The molecule has 29 heavy (non-hydrogen) atoms. The molecular weight excluding hydrogens is 364 g/mol. The SMILES string of the molecule is CCCCCCCCCC(=O)Oc1ccc(N=Nc2ccc(OCC)cc2)cc1. The van der Waals surface area contributed by atoms with Crippen LogP contribution >= 0.6 is 0 Å². The summed E-state index contributed by atoms with van der Waals surface area (Å²) < 4.78 is 10.8. The summed E-state index contributed by atoms with van der Waals surface area (Å²) in [6.07, 6.45) is 8.75. The maximum absolute atomic E-state index is 11.9. The number of benzene rings is 2. The monoisotopic (exact) mass is 396 g/mol. The van der Waals surface area contributed by atoms with Crippen LogP contribution in [-0.2, 0) is 4.79 Å². The molecule has 0 amide bonds. The minimum Gasteiger partial charge on any atom is -0.494 e. The molecule has 0 aliphatic carbocycles. The Bertz CT molecular complexity index is 740. The second-order valence-corrected chi connectivity index (χ2v) is 6.97. The standard InChI is InChI=1S/C24H32N2O3/c1-3-5-6-7-8-9-10-11-24(27)29-23-18-14-21(15-19-23)26-25-20-12-16-22(17-13-20)28-4-2/h12-19H,3-11H2,1-2H3. The topological polar surface area (TPSA) is 60.2 Å². The lowest BCUT2D eigenvalue weighted by atomic mass is 10.1. The van der Waals surface area contributed by atoms with Crippen LogP contribution in [0.1, 0.15) is 65.2 Å². The maximum atomic E-state index is 11.9. The zero-order valence-corrected chi connectivity index (χ0v) is 17.6. The van der Waals surface area contributed by atoms with Crippen LogP contribution in [0.15, 0.2) is 58.8 Å². The van der Waals surface area contributed by atoms with Crippen LogP contribution in [0, 0.1) is 0 Å². The van der Waals surface area contributed by atoms with Gasteiger partial charge in [0, 0.05) is 6.42 Å². The molecule has 2 rings (SSSR count). The fourth-order valence-electron chi connectivity index (χ4n) is 2.88. The van der Waals surface area contributed by atoms with E-state index >= 15 is 0 Å². The van der Waals surface area contributed by atoms with Crippen molar-refractivity contribution in [3.63, 3.8) is 0 Å². The van der Waals surface area contributed by atoms with E-state index in [4.69, 9.17) is 9.47 Å². The lowest BCUT2D eigenvalue weighted by molar-refractivity contribution is -0.134. The first-order chi connectivity index (χ1) is 14.2. The molecule has 0 aliphatic rings. The summed E-state index contributed by atoms with van der Waals surface area (Å²) in [4.78, 5) is 11.9. The average Bonchev–Trinajstić information content (AvgIpc) is 2.74. The Balaban J connectivity index is 1.71. The van der Waals surface area contributed by atoms with Gasteiger partial charge in [0.25, 0.3) is 0 Å². The third kappa shape index (κ3) is 9.37. The van der Waals surface area contributed by atoms with Crippen molar-refractivity contribution < 1.29 is 14.3 Å². The van der Waals surface area contributed by atoms with E-state index in [0.717, 1.165) is 24.3 Å². The summed E-state index contributed by atoms with van der Waals surface area (Å²) in [6, 6.07) is 14.5. The van der Waals surface area contributed by atoms with Crippen LogP contribution in [0.2, 0.25) is 0 Å². The van der Waals surface area contributed by atoms with Crippen molar-refractivity contribution in [2.24, 2.45) is 10.2 Å². The predicted octanol–water partition coefficient (Wildman–Crippen LogP) is 7.55. The van der Waals surface area contributed by atoms with Gasteiger partial charge in [0.1, 0.15) is 11.5 Å². The van der Waals surface area contributed by atoms with Gasteiger partial charge in [-0.2, -0.15) is 10.2 Å². The van der Waals surface area contributed by atoms with Crippen molar-refractivity contribution in [1.29, 1.82) is 0 Å². The van der Waals surface area contributed by atoms with E-state index in [1.54, 1.807) is 24.3 Å². The molecule has 0 saturated heterocycles. The molecule has 0 fully saturated rings. The second-order valence-electron chi connectivity index (χ2n) is 6.97. The van der Waals surface area contributed by atoms with E-state index in [-0.39, 0.29) is 5.97 Å². The normalized spacial score (nSPS) is 11.0. The second kappa shape index (κ2) is 13.5. The molecule has 5 heteroatoms. The van der Waals surface area contributed by atoms with Gasteiger partial charge in [0.05, 0.1) is 18.0 Å². The number of rotatable bonds is 13. The number of ether oxygens (including phenoxy) is 2. The highest BCUT2D eigenvalue weighted by Gasteiger charge is 2.05. The number of hydrogen-bond acceptors (Lipinski definition) is 5. The predicted molar refractivity (Wildman–Crippen MR) is 116 cm³/mol. The van der Waals surface area contributed by atoms with Gasteiger partial charge in [-0.05, 0) is 61.9 Å². The molecule has 0 heterocycles. The van der Waals surface area contributed by atoms with E-state index in [2.05, 4.69) is 17.2 Å². The fraction of sp³-hybridized carbons (Fsp3) is 0.458. The molecule has 0 N–H and O–H groups in total. The fourth-order valence-corrected chi connectivity index (χ4v) is 2.88. The van der Waals surface area contributed by atoms with Crippen molar-refractivity contribution in [2.75, 3.05) is 6.61 Å². The number of carbonyl (C=O) groups excluding carboxylic acids is 1. The molecule has 0 aliphatic heterocycles. The van der Waals surface area contributed by atoms with Crippen LogP contribution in [0.3, 0.4) is 0 Å². The highest BCUT2D eigenvalue weighted by Crippen LogP contribution is 2.23. The molecular formula is C24H32N2O3. The van der Waals surface area contributed by atoms with Gasteiger partial charge in [-0.3, -0.25) is 4.79 Å². The zero-order valence-electron chi connectivity index (χ0n) is 17.6. The van der Waals surface area contributed by atoms with E-state index in [0.29, 0.717) is 24.5 Å². The first kappa shape index (κ1) is 22.6. The average molecular weight is 397 g/mol. The summed E-state index contributed by atoms with van der Waals surface area (Å²) in [5, 5.41) is 8.41. The summed E-state index contributed by atoms with van der Waals surface area (Å²) in [5.41, 5.74) is 1.45. The number of carbonyl (C=O) groups is 1. The lowest BCUT2D eigenvalue weighted by Gasteiger charge is -2.05. The van der Waals surface area contributed by atoms with Crippen molar-refractivity contribution in [2.45, 2.75) is 65.2 Å². The van der Waals surface area contributed by atoms with E-state index in [1.807, 2.05) is 31.2 Å². The Kier molecular flexibility index (Phi) is 10.5. The number of azo groups is 1. The van der Waals surface area contributed by atoms with E-state index in [1.165, 1.54) is 32.1 Å². The van der Waals surface area contributed by atoms with Crippen LogP contribution in [0.5, 0.6) is 11.5 Å². The van der Waals surface area contributed by atoms with Gasteiger partial charge in [0.15, 0.2) is 0 Å². The van der Waals surface area contributed by atoms with Crippen LogP contribution < -0.4 is 9.47 Å². The molecule has 0 saturated carbocycles. The number of hydrogen-bond donors (Lipinski definition) is 0. The van der Waals surface area contributed by atoms with Crippen LogP contribution in [0.25, 0.3) is 0 Å². The molecule has 0 aromatic heterocycles. The molecule has 0 atom stereocenters. The number of esters is 1. The van der Waals surface area contributed by atoms with Crippen molar-refractivity contribution in [3.8, 4) is 11.5 Å². The third-order valence-corrected chi connectivity index (χ3v) is 4.48. The van der Waals surface area contributed by atoms with Gasteiger partial charge < -0.3 is 9.47 Å². The number of nitrogens with zero attached hydrogens (tertiary/aromatic N) is 2. The Morgan fingerprint density at radius 1 is 0.724 bits per heavy atom. The van der Waals surface area contributed by atoms with Gasteiger partial charge in [-0.1, -0.05) is 45.4 Å². The molecule has 0 spiro atoms. The smallest absolute Gasteiger partial charge is 0.311 e. The number of unbranched alkanes of at least 4 members (excludes halogenated alkanes) is 6. The Labute approximate surface area is 174 Å². The van der Waals surface area contributed by atoms with Gasteiger partial charge >= 0.3 is 5.97 Å². The molecule has 5 nitrogen and oxygen atoms in total. The minimum atomic E-state index is -0.178. The summed E-state index contributed by atoms with van der Waals surface area (Å²) in [6.45, 7) is 4.80. The maximum Gasteiger partial charge on any atom is 0.311 e. The highest BCUT2D eigenvalue weighted by atomic mass is 16.5. The minimum absolute atomic E-state index is 0.178. The Morgan fingerprint density at radius 3 is 1.79 bits per heavy atom. The Hall–Kier alpha value is -2.69. The van der Waals surface area contributed by atoms with E-state index in [9.17, 15) is 4.79 Å². The Morgan fingerprint density at radius 2 is 1.24 bits per heavy atom. The van der Waals surface area contributed by atoms with Gasteiger partial charge in [-0.15, -0.1) is 0 Å². The first-order valence-corrected chi connectivity index (χ1v) is 10.7. The highest BCUT2D eigenvalue weighted by molar-refractivity contribution is 5.72. The molecule has 2 aromatic carbocycles. The quantitative estimate of drug-likeness (QED) is 0.152. The van der Waals surface area contributed by atoms with Crippen LogP contribution in [-0.4, -0.2) is 12.6 Å². The molecule has 0 bridgehead atoms. The summed E-state index contributed by atoms with van der Waals surface area (Å²) in [5.74, 6) is 1.18. The largest absolute Gasteiger partial charge is 0.494 e. The zero-order chi connectivity index (χ0) is 20.7. The van der Waals surface area contributed by atoms with Crippen molar-refractivity contribution in [3.05, 3.63) is 48.5 Å². The lowest BCUT2D eigenvalue weighted by Crippen LogP contribution is -2.07. The summed E-state index contributed by atoms with van der Waals surface area (Å²) >= 11 is 0. The van der Waals surface area contributed by atoms with E-state index < -0.39 is 0 Å². The van der Waals surface area contributed by atoms with Crippen molar-refractivity contribution >= 4 is 17.3 Å².